The van der Waals surface area contributed by atoms with Gasteiger partial charge in [-0.15, -0.1) is 0 Å². The van der Waals surface area contributed by atoms with Gasteiger partial charge in [0, 0.05) is 17.8 Å². The highest BCUT2D eigenvalue weighted by Crippen LogP contribution is 2.29. The fourth-order valence-electron chi connectivity index (χ4n) is 2.73. The van der Waals surface area contributed by atoms with Gasteiger partial charge in [0.15, 0.2) is 0 Å². The monoisotopic (exact) mass is 298 g/mol. The van der Waals surface area contributed by atoms with E-state index in [-0.39, 0.29) is 18.3 Å². The van der Waals surface area contributed by atoms with E-state index in [1.165, 1.54) is 12.1 Å². The van der Waals surface area contributed by atoms with Gasteiger partial charge < -0.3 is 5.11 Å². The largest absolute Gasteiger partial charge is 0.481 e. The Hall–Kier alpha value is -2.56. The Morgan fingerprint density at radius 2 is 2.14 bits per heavy atom. The fraction of sp³-hybridized carbons (Fsp3) is 0.235. The van der Waals surface area contributed by atoms with Crippen molar-refractivity contribution in [3.8, 4) is 0 Å². The number of carboxylic acid groups (broad SMARTS) is 1. The fourth-order valence-corrected chi connectivity index (χ4v) is 2.73. The van der Waals surface area contributed by atoms with Crippen molar-refractivity contribution in [1.29, 1.82) is 0 Å². The Kier molecular flexibility index (Phi) is 3.96. The van der Waals surface area contributed by atoms with Crippen molar-refractivity contribution >= 4 is 11.5 Å². The van der Waals surface area contributed by atoms with Crippen LogP contribution in [0.4, 0.5) is 4.39 Å². The quantitative estimate of drug-likeness (QED) is 0.918. The number of hydrogen-bond donors (Lipinski definition) is 1. The van der Waals surface area contributed by atoms with Gasteiger partial charge in [0.25, 0.3) is 0 Å². The number of pyridine rings is 1. The van der Waals surface area contributed by atoms with Crippen molar-refractivity contribution < 1.29 is 14.3 Å². The molecule has 0 unspecified atom stereocenters. The van der Waals surface area contributed by atoms with E-state index >= 15 is 0 Å². The molecule has 0 saturated heterocycles. The molecule has 1 atom stereocenters. The number of aromatic nitrogens is 1. The average Bonchev–Trinajstić information content (AvgIpc) is 2.86. The van der Waals surface area contributed by atoms with Gasteiger partial charge in [0.2, 0.25) is 0 Å². The average molecular weight is 298 g/mol. The Labute approximate surface area is 126 Å². The maximum Gasteiger partial charge on any atom is 0.303 e. The smallest absolute Gasteiger partial charge is 0.303 e. The summed E-state index contributed by atoms with van der Waals surface area (Å²) in [6.07, 6.45) is 2.85. The highest BCUT2D eigenvalue weighted by Gasteiger charge is 2.22. The lowest BCUT2D eigenvalue weighted by Gasteiger charge is -2.12. The molecule has 2 heterocycles. The highest BCUT2D eigenvalue weighted by atomic mass is 19.1. The molecule has 3 rings (SSSR count). The van der Waals surface area contributed by atoms with E-state index in [2.05, 4.69) is 9.98 Å². The number of hydrogen-bond acceptors (Lipinski definition) is 3. The van der Waals surface area contributed by atoms with Crippen LogP contribution in [-0.4, -0.2) is 16.1 Å². The van der Waals surface area contributed by atoms with E-state index < -0.39 is 5.97 Å². The lowest BCUT2D eigenvalue weighted by atomic mass is 9.97. The van der Waals surface area contributed by atoms with Gasteiger partial charge in [0.1, 0.15) is 11.9 Å². The Morgan fingerprint density at radius 1 is 1.27 bits per heavy atom. The van der Waals surface area contributed by atoms with Crippen LogP contribution < -0.4 is 10.6 Å². The molecule has 1 aliphatic rings. The number of benzene rings is 1. The summed E-state index contributed by atoms with van der Waals surface area (Å²) in [6, 6.07) is 9.85. The number of rotatable bonds is 5. The summed E-state index contributed by atoms with van der Waals surface area (Å²) >= 11 is 0. The van der Waals surface area contributed by atoms with E-state index in [4.69, 9.17) is 5.11 Å². The minimum atomic E-state index is -0.829. The number of nitrogens with zero attached hydrogens (tertiary/aromatic N) is 2. The summed E-state index contributed by atoms with van der Waals surface area (Å²) in [7, 11) is 0. The molecule has 0 aliphatic carbocycles. The Balaban J connectivity index is 2.02. The molecule has 1 aromatic heterocycles. The Morgan fingerprint density at radius 3 is 2.86 bits per heavy atom. The summed E-state index contributed by atoms with van der Waals surface area (Å²) in [6.45, 7) is 0. The topological polar surface area (TPSA) is 62.5 Å². The normalized spacial score (nSPS) is 16.2. The van der Waals surface area contributed by atoms with E-state index in [9.17, 15) is 9.18 Å². The molecule has 1 aromatic carbocycles. The zero-order chi connectivity index (χ0) is 15.5. The lowest BCUT2D eigenvalue weighted by molar-refractivity contribution is -0.137. The maximum atomic E-state index is 13.6. The van der Waals surface area contributed by atoms with Crippen LogP contribution in [0.1, 0.15) is 31.0 Å². The first-order valence-corrected chi connectivity index (χ1v) is 7.14. The van der Waals surface area contributed by atoms with Gasteiger partial charge in [-0.3, -0.25) is 14.8 Å². The van der Waals surface area contributed by atoms with Crippen LogP contribution in [0.5, 0.6) is 0 Å². The second kappa shape index (κ2) is 6.05. The molecule has 5 heteroatoms. The van der Waals surface area contributed by atoms with Crippen molar-refractivity contribution in [1.82, 2.24) is 4.98 Å². The van der Waals surface area contributed by atoms with Gasteiger partial charge in [-0.25, -0.2) is 4.39 Å². The van der Waals surface area contributed by atoms with Gasteiger partial charge in [-0.2, -0.15) is 0 Å². The van der Waals surface area contributed by atoms with Crippen molar-refractivity contribution in [2.75, 3.05) is 0 Å². The summed E-state index contributed by atoms with van der Waals surface area (Å²) < 4.78 is 13.6. The molecule has 0 spiro atoms. The predicted molar refractivity (Wildman–Crippen MR) is 79.1 cm³/mol. The molecule has 0 saturated carbocycles. The first-order chi connectivity index (χ1) is 10.6. The van der Waals surface area contributed by atoms with Crippen LogP contribution in [0.3, 0.4) is 0 Å². The first-order valence-electron chi connectivity index (χ1n) is 7.14. The van der Waals surface area contributed by atoms with E-state index in [0.29, 0.717) is 12.8 Å². The molecule has 1 N–H and O–H groups in total. The van der Waals surface area contributed by atoms with Crippen molar-refractivity contribution in [3.05, 3.63) is 64.7 Å². The molecule has 0 radical (unpaired) electrons. The summed E-state index contributed by atoms with van der Waals surface area (Å²) in [5.41, 5.74) is 1.74. The first kappa shape index (κ1) is 14.4. The van der Waals surface area contributed by atoms with Crippen LogP contribution in [0, 0.1) is 5.82 Å². The molecule has 4 nitrogen and oxygen atoms in total. The minimum Gasteiger partial charge on any atom is -0.481 e. The third kappa shape index (κ3) is 2.88. The Bertz CT molecular complexity index is 818. The van der Waals surface area contributed by atoms with Crippen LogP contribution in [0.15, 0.2) is 47.6 Å². The molecular formula is C17H15FN2O2. The maximum absolute atomic E-state index is 13.6. The predicted octanol–water partition coefficient (Wildman–Crippen LogP) is 2.00. The summed E-state index contributed by atoms with van der Waals surface area (Å²) in [4.78, 5) is 19.7. The molecule has 2 aromatic rings. The minimum absolute atomic E-state index is 0.0864. The summed E-state index contributed by atoms with van der Waals surface area (Å²) in [5, 5.41) is 10.3. The van der Waals surface area contributed by atoms with Crippen molar-refractivity contribution in [3.63, 3.8) is 0 Å². The van der Waals surface area contributed by atoms with Gasteiger partial charge in [-0.1, -0.05) is 6.07 Å². The molecule has 0 fully saturated rings. The number of carbonyl (C=O) groups is 1. The van der Waals surface area contributed by atoms with Gasteiger partial charge in [0.05, 0.1) is 11.1 Å². The molecule has 0 bridgehead atoms. The number of carboxylic acids is 1. The van der Waals surface area contributed by atoms with Crippen LogP contribution in [0.2, 0.25) is 0 Å². The van der Waals surface area contributed by atoms with Crippen molar-refractivity contribution in [2.45, 2.75) is 25.3 Å². The molecule has 112 valence electrons. The molecule has 1 aliphatic heterocycles. The van der Waals surface area contributed by atoms with Crippen LogP contribution in [0.25, 0.3) is 5.57 Å². The molecule has 22 heavy (non-hydrogen) atoms. The lowest BCUT2D eigenvalue weighted by Crippen LogP contribution is -2.23. The molecule has 0 amide bonds. The van der Waals surface area contributed by atoms with Gasteiger partial charge >= 0.3 is 5.97 Å². The SMILES string of the molecule is O=C(O)CCCC1=c2cc(F)ccc2=N[C@H]1c1ccccn1. The van der Waals surface area contributed by atoms with Gasteiger partial charge in [-0.05, 0) is 48.7 Å². The zero-order valence-corrected chi connectivity index (χ0v) is 11.9. The van der Waals surface area contributed by atoms with Crippen molar-refractivity contribution in [2.24, 2.45) is 4.99 Å². The third-order valence-electron chi connectivity index (χ3n) is 3.71. The van der Waals surface area contributed by atoms with Crippen LogP contribution in [-0.2, 0) is 4.79 Å². The summed E-state index contributed by atoms with van der Waals surface area (Å²) in [5.74, 6) is -1.14. The van der Waals surface area contributed by atoms with Crippen LogP contribution >= 0.6 is 0 Å². The second-order valence-electron chi connectivity index (χ2n) is 5.22. The number of halogens is 1. The molecular weight excluding hydrogens is 283 g/mol. The van der Waals surface area contributed by atoms with E-state index in [0.717, 1.165) is 21.8 Å². The zero-order valence-electron chi connectivity index (χ0n) is 11.9. The number of aliphatic carboxylic acids is 1. The van der Waals surface area contributed by atoms with E-state index in [1.807, 2.05) is 18.2 Å². The third-order valence-corrected chi connectivity index (χ3v) is 3.71. The highest BCUT2D eigenvalue weighted by molar-refractivity contribution is 5.67. The second-order valence-corrected chi connectivity index (χ2v) is 5.22. The number of fused-ring (bicyclic) bond motifs is 1. The standard InChI is InChI=1S/C17H15FN2O2/c18-11-7-8-14-13(10-11)12(4-3-6-16(21)22)17(20-14)15-5-1-2-9-19-15/h1-2,5,7-10,17H,3-4,6H2,(H,21,22)/t17-/m1/s1. The van der Waals surface area contributed by atoms with E-state index in [1.54, 1.807) is 12.3 Å².